The third kappa shape index (κ3) is 2.45. The Morgan fingerprint density at radius 1 is 0.960 bits per heavy atom. The van der Waals surface area contributed by atoms with Gasteiger partial charge in [-0.3, -0.25) is 4.98 Å². The van der Waals surface area contributed by atoms with Crippen molar-refractivity contribution in [1.82, 2.24) is 4.98 Å². The maximum absolute atomic E-state index is 4.23. The van der Waals surface area contributed by atoms with Gasteiger partial charge in [-0.05, 0) is 109 Å². The van der Waals surface area contributed by atoms with Crippen molar-refractivity contribution in [1.29, 1.82) is 0 Å². The predicted octanol–water partition coefficient (Wildman–Crippen LogP) is 6.36. The molecule has 1 nitrogen and oxygen atoms in total. The molecule has 0 N–H and O–H groups in total. The van der Waals surface area contributed by atoms with Crippen LogP contribution in [-0.2, 0) is 0 Å². The summed E-state index contributed by atoms with van der Waals surface area (Å²) in [6.45, 7) is 5.07. The fourth-order valence-corrected chi connectivity index (χ4v) is 7.63. The van der Waals surface area contributed by atoms with Gasteiger partial charge in [0, 0.05) is 12.4 Å². The minimum atomic E-state index is 0.414. The summed E-state index contributed by atoms with van der Waals surface area (Å²) in [6.07, 6.45) is 18.3. The zero-order valence-electron chi connectivity index (χ0n) is 16.0. The van der Waals surface area contributed by atoms with Crippen LogP contribution in [0.2, 0.25) is 0 Å². The first-order valence-corrected chi connectivity index (χ1v) is 10.8. The van der Waals surface area contributed by atoms with Crippen molar-refractivity contribution in [3.63, 3.8) is 0 Å². The second kappa shape index (κ2) is 5.96. The van der Waals surface area contributed by atoms with Crippen LogP contribution in [0, 0.1) is 40.9 Å². The first kappa shape index (κ1) is 16.1. The predicted molar refractivity (Wildman–Crippen MR) is 104 cm³/mol. The van der Waals surface area contributed by atoms with Gasteiger partial charge in [0.25, 0.3) is 0 Å². The van der Waals surface area contributed by atoms with Crippen LogP contribution < -0.4 is 0 Å². The summed E-state index contributed by atoms with van der Waals surface area (Å²) in [5, 5.41) is 0. The topological polar surface area (TPSA) is 12.9 Å². The third-order valence-corrected chi connectivity index (χ3v) is 8.79. The quantitative estimate of drug-likeness (QED) is 0.581. The molecule has 0 aliphatic heterocycles. The van der Waals surface area contributed by atoms with E-state index in [0.29, 0.717) is 5.41 Å². The van der Waals surface area contributed by atoms with Gasteiger partial charge in [0.2, 0.25) is 0 Å². The maximum atomic E-state index is 4.23. The van der Waals surface area contributed by atoms with Crippen molar-refractivity contribution in [3.8, 4) is 0 Å². The first-order chi connectivity index (χ1) is 12.2. The third-order valence-electron chi connectivity index (χ3n) is 8.79. The Morgan fingerprint density at radius 2 is 1.76 bits per heavy atom. The Kier molecular flexibility index (Phi) is 3.84. The van der Waals surface area contributed by atoms with Crippen LogP contribution in [0.25, 0.3) is 5.57 Å². The molecule has 3 saturated carbocycles. The van der Waals surface area contributed by atoms with E-state index >= 15 is 0 Å². The first-order valence-electron chi connectivity index (χ1n) is 10.8. The molecule has 0 radical (unpaired) electrons. The van der Waals surface area contributed by atoms with E-state index in [-0.39, 0.29) is 0 Å². The Labute approximate surface area is 153 Å². The number of fused-ring (bicyclic) bond motifs is 5. The number of rotatable bonds is 1. The molecule has 3 fully saturated rings. The monoisotopic (exact) mass is 335 g/mol. The highest BCUT2D eigenvalue weighted by molar-refractivity contribution is 5.72. The molecule has 1 aromatic rings. The van der Waals surface area contributed by atoms with Gasteiger partial charge in [0.15, 0.2) is 0 Å². The minimum absolute atomic E-state index is 0.414. The van der Waals surface area contributed by atoms with Gasteiger partial charge in [-0.1, -0.05) is 26.3 Å². The van der Waals surface area contributed by atoms with E-state index in [9.17, 15) is 0 Å². The van der Waals surface area contributed by atoms with Crippen molar-refractivity contribution in [2.45, 2.75) is 65.2 Å². The van der Waals surface area contributed by atoms with E-state index in [0.717, 1.165) is 35.5 Å². The van der Waals surface area contributed by atoms with Crippen molar-refractivity contribution < 1.29 is 0 Å². The molecule has 4 aliphatic rings. The molecule has 1 aromatic heterocycles. The van der Waals surface area contributed by atoms with Crippen molar-refractivity contribution in [3.05, 3.63) is 36.2 Å². The van der Waals surface area contributed by atoms with E-state index in [1.807, 2.05) is 12.4 Å². The van der Waals surface area contributed by atoms with Gasteiger partial charge in [0.05, 0.1) is 0 Å². The number of hydrogen-bond acceptors (Lipinski definition) is 1. The van der Waals surface area contributed by atoms with Crippen LogP contribution in [-0.4, -0.2) is 4.98 Å². The van der Waals surface area contributed by atoms with Crippen molar-refractivity contribution >= 4 is 5.57 Å². The van der Waals surface area contributed by atoms with Gasteiger partial charge in [-0.25, -0.2) is 0 Å². The molecular formula is C24H33N. The molecule has 5 rings (SSSR count). The summed E-state index contributed by atoms with van der Waals surface area (Å²) in [5.41, 5.74) is 3.48. The van der Waals surface area contributed by atoms with Gasteiger partial charge >= 0.3 is 0 Å². The lowest BCUT2D eigenvalue weighted by atomic mass is 9.49. The second-order valence-corrected chi connectivity index (χ2v) is 9.90. The molecule has 25 heavy (non-hydrogen) atoms. The number of hydrogen-bond donors (Lipinski definition) is 0. The van der Waals surface area contributed by atoms with Crippen molar-refractivity contribution in [2.75, 3.05) is 0 Å². The molecule has 0 unspecified atom stereocenters. The zero-order valence-corrected chi connectivity index (χ0v) is 16.0. The molecule has 0 spiro atoms. The average Bonchev–Trinajstić information content (AvgIpc) is 2.99. The number of aromatic nitrogens is 1. The van der Waals surface area contributed by atoms with E-state index in [1.165, 1.54) is 56.9 Å². The SMILES string of the molecule is C[C@H]1CC[C@H]2[C@@H](CC[C@@H]3[C@@H]2CC[C@]2(C)C(c4ccncc4)=CC[C@@H]32)C1. The minimum Gasteiger partial charge on any atom is -0.265 e. The van der Waals surface area contributed by atoms with E-state index in [2.05, 4.69) is 37.0 Å². The Hall–Kier alpha value is -1.11. The van der Waals surface area contributed by atoms with Gasteiger partial charge in [0.1, 0.15) is 0 Å². The lowest BCUT2D eigenvalue weighted by Crippen LogP contribution is -2.47. The summed E-state index contributed by atoms with van der Waals surface area (Å²) in [4.78, 5) is 4.23. The molecule has 0 aromatic carbocycles. The van der Waals surface area contributed by atoms with E-state index in [1.54, 1.807) is 5.57 Å². The summed E-state index contributed by atoms with van der Waals surface area (Å²) in [7, 11) is 0. The Balaban J connectivity index is 1.41. The smallest absolute Gasteiger partial charge is 0.0273 e. The highest BCUT2D eigenvalue weighted by Crippen LogP contribution is 2.64. The van der Waals surface area contributed by atoms with Crippen LogP contribution in [0.15, 0.2) is 30.6 Å². The lowest BCUT2D eigenvalue weighted by molar-refractivity contribution is -0.0443. The Morgan fingerprint density at radius 3 is 2.60 bits per heavy atom. The highest BCUT2D eigenvalue weighted by atomic mass is 14.6. The summed E-state index contributed by atoms with van der Waals surface area (Å²) in [6, 6.07) is 4.45. The van der Waals surface area contributed by atoms with Gasteiger partial charge < -0.3 is 0 Å². The standard InChI is InChI=1S/C24H33N/c1-16-3-5-19-18(15-16)4-6-21-20(19)9-12-24(2)22(7-8-23(21)24)17-10-13-25-14-11-17/h7,10-11,13-14,16,18-21,23H,3-6,8-9,12,15H2,1-2H3/t16-,18-,19-,20+,21+,23-,24+/m0/s1. The summed E-state index contributed by atoms with van der Waals surface area (Å²) < 4.78 is 0. The molecule has 1 heterocycles. The Bertz CT molecular complexity index is 662. The molecule has 0 amide bonds. The van der Waals surface area contributed by atoms with Gasteiger partial charge in [-0.2, -0.15) is 0 Å². The van der Waals surface area contributed by atoms with Crippen LogP contribution >= 0.6 is 0 Å². The van der Waals surface area contributed by atoms with Crippen LogP contribution in [0.3, 0.4) is 0 Å². The van der Waals surface area contributed by atoms with Crippen LogP contribution in [0.4, 0.5) is 0 Å². The summed E-state index contributed by atoms with van der Waals surface area (Å²) in [5.74, 6) is 6.03. The lowest BCUT2D eigenvalue weighted by Gasteiger charge is -2.56. The molecule has 7 atom stereocenters. The largest absolute Gasteiger partial charge is 0.265 e. The van der Waals surface area contributed by atoms with E-state index < -0.39 is 0 Å². The van der Waals surface area contributed by atoms with Crippen LogP contribution in [0.5, 0.6) is 0 Å². The molecule has 0 bridgehead atoms. The maximum Gasteiger partial charge on any atom is 0.0273 e. The van der Waals surface area contributed by atoms with Crippen molar-refractivity contribution in [2.24, 2.45) is 40.9 Å². The van der Waals surface area contributed by atoms with Crippen LogP contribution in [0.1, 0.15) is 70.8 Å². The number of pyridine rings is 1. The molecule has 1 heteroatoms. The highest BCUT2D eigenvalue weighted by Gasteiger charge is 2.54. The average molecular weight is 336 g/mol. The second-order valence-electron chi connectivity index (χ2n) is 9.90. The zero-order chi connectivity index (χ0) is 17.0. The molecule has 134 valence electrons. The number of nitrogens with zero attached hydrogens (tertiary/aromatic N) is 1. The van der Waals surface area contributed by atoms with E-state index in [4.69, 9.17) is 0 Å². The summed E-state index contributed by atoms with van der Waals surface area (Å²) >= 11 is 0. The fourth-order valence-electron chi connectivity index (χ4n) is 7.63. The molecule has 4 aliphatic carbocycles. The molecule has 0 saturated heterocycles. The van der Waals surface area contributed by atoms with Gasteiger partial charge in [-0.15, -0.1) is 0 Å². The molecular weight excluding hydrogens is 302 g/mol. The fraction of sp³-hybridized carbons (Fsp3) is 0.708. The normalized spacial score (nSPS) is 45.9. The number of allylic oxidation sites excluding steroid dienone is 2.